The summed E-state index contributed by atoms with van der Waals surface area (Å²) in [6, 6.07) is 15.2. The summed E-state index contributed by atoms with van der Waals surface area (Å²) in [5.41, 5.74) is 10.2. The number of ether oxygens (including phenoxy) is 2. The summed E-state index contributed by atoms with van der Waals surface area (Å²) >= 11 is 0. The molecule has 154 valence electrons. The lowest BCUT2D eigenvalue weighted by Crippen LogP contribution is -2.16. The van der Waals surface area contributed by atoms with Crippen molar-refractivity contribution in [3.05, 3.63) is 59.7 Å². The topological polar surface area (TPSA) is 92.3 Å². The first-order chi connectivity index (χ1) is 14.5. The molecule has 30 heavy (non-hydrogen) atoms. The molecular formula is C23H24N4O3. The summed E-state index contributed by atoms with van der Waals surface area (Å²) in [6.45, 7) is 4.25. The second kappa shape index (κ2) is 8.02. The summed E-state index contributed by atoms with van der Waals surface area (Å²) in [5.74, 6) is 0.585. The molecule has 2 aromatic heterocycles. The van der Waals surface area contributed by atoms with E-state index in [1.165, 1.54) is 0 Å². The number of carbonyl (C=O) groups is 1. The second-order valence-electron chi connectivity index (χ2n) is 7.20. The summed E-state index contributed by atoms with van der Waals surface area (Å²) in [6.07, 6.45) is 0.496. The standard InChI is InChI=1S/C23H24N4O3/c1-4-14(2)30-23(28)19-20-22(26-18-8-6-5-7-17(18)25-20)27(21(19)24)13-15-9-11-16(29-3)12-10-15/h5-12,14H,4,13,24H2,1-3H3/t14-/m1/s1. The summed E-state index contributed by atoms with van der Waals surface area (Å²) in [5, 5.41) is 0. The Balaban J connectivity index is 1.88. The van der Waals surface area contributed by atoms with Gasteiger partial charge in [-0.15, -0.1) is 0 Å². The van der Waals surface area contributed by atoms with Gasteiger partial charge in [0.15, 0.2) is 5.65 Å². The molecule has 4 aromatic rings. The first-order valence-corrected chi connectivity index (χ1v) is 9.90. The third-order valence-electron chi connectivity index (χ3n) is 5.18. The van der Waals surface area contributed by atoms with Crippen LogP contribution in [0, 0.1) is 0 Å². The molecule has 0 spiro atoms. The fourth-order valence-electron chi connectivity index (χ4n) is 3.32. The van der Waals surface area contributed by atoms with Crippen molar-refractivity contribution in [2.24, 2.45) is 0 Å². The minimum absolute atomic E-state index is 0.217. The number of para-hydroxylation sites is 2. The third-order valence-corrected chi connectivity index (χ3v) is 5.18. The van der Waals surface area contributed by atoms with Crippen LogP contribution in [0.5, 0.6) is 5.75 Å². The van der Waals surface area contributed by atoms with E-state index in [2.05, 4.69) is 0 Å². The van der Waals surface area contributed by atoms with Crippen molar-refractivity contribution >= 4 is 34.0 Å². The molecule has 0 unspecified atom stereocenters. The quantitative estimate of drug-likeness (QED) is 0.485. The van der Waals surface area contributed by atoms with Crippen molar-refractivity contribution in [3.8, 4) is 5.75 Å². The normalized spacial score (nSPS) is 12.2. The van der Waals surface area contributed by atoms with Crippen LogP contribution < -0.4 is 10.5 Å². The second-order valence-corrected chi connectivity index (χ2v) is 7.20. The fraction of sp³-hybridized carbons (Fsp3) is 0.261. The van der Waals surface area contributed by atoms with Gasteiger partial charge < -0.3 is 19.8 Å². The van der Waals surface area contributed by atoms with Crippen LogP contribution in [0.3, 0.4) is 0 Å². The molecule has 1 atom stereocenters. The predicted octanol–water partition coefficient (Wildman–Crippen LogP) is 4.18. The summed E-state index contributed by atoms with van der Waals surface area (Å²) < 4.78 is 12.6. The monoisotopic (exact) mass is 404 g/mol. The van der Waals surface area contributed by atoms with Gasteiger partial charge in [-0.3, -0.25) is 0 Å². The Hall–Kier alpha value is -3.61. The first-order valence-electron chi connectivity index (χ1n) is 9.90. The van der Waals surface area contributed by atoms with Crippen molar-refractivity contribution in [1.82, 2.24) is 14.5 Å². The van der Waals surface area contributed by atoms with Crippen LogP contribution >= 0.6 is 0 Å². The lowest BCUT2D eigenvalue weighted by atomic mass is 10.2. The fourth-order valence-corrected chi connectivity index (χ4v) is 3.32. The van der Waals surface area contributed by atoms with Crippen LogP contribution in [0.15, 0.2) is 48.5 Å². The molecule has 2 N–H and O–H groups in total. The van der Waals surface area contributed by atoms with Gasteiger partial charge in [-0.05, 0) is 43.2 Å². The van der Waals surface area contributed by atoms with E-state index in [-0.39, 0.29) is 11.7 Å². The Kier molecular flexibility index (Phi) is 5.27. The Morgan fingerprint density at radius 3 is 2.40 bits per heavy atom. The van der Waals surface area contributed by atoms with Crippen LogP contribution in [-0.4, -0.2) is 33.7 Å². The van der Waals surface area contributed by atoms with Gasteiger partial charge in [-0.25, -0.2) is 14.8 Å². The van der Waals surface area contributed by atoms with Crippen LogP contribution in [0.4, 0.5) is 5.82 Å². The highest BCUT2D eigenvalue weighted by atomic mass is 16.5. The number of fused-ring (bicyclic) bond motifs is 2. The molecular weight excluding hydrogens is 380 g/mol. The van der Waals surface area contributed by atoms with E-state index in [1.54, 1.807) is 7.11 Å². The number of benzene rings is 2. The number of aromatic nitrogens is 3. The first kappa shape index (κ1) is 19.7. The smallest absolute Gasteiger partial charge is 0.344 e. The lowest BCUT2D eigenvalue weighted by Gasteiger charge is -2.11. The zero-order valence-corrected chi connectivity index (χ0v) is 17.3. The van der Waals surface area contributed by atoms with E-state index in [9.17, 15) is 4.79 Å². The van der Waals surface area contributed by atoms with Gasteiger partial charge in [0.1, 0.15) is 22.6 Å². The molecule has 0 aliphatic carbocycles. The number of carbonyl (C=O) groups excluding carboxylic acids is 1. The summed E-state index contributed by atoms with van der Waals surface area (Å²) in [7, 11) is 1.63. The minimum atomic E-state index is -0.482. The number of nitrogen functional groups attached to an aromatic ring is 1. The Morgan fingerprint density at radius 1 is 1.10 bits per heavy atom. The van der Waals surface area contributed by atoms with Gasteiger partial charge in [-0.2, -0.15) is 0 Å². The van der Waals surface area contributed by atoms with Crippen LogP contribution in [0.1, 0.15) is 36.2 Å². The van der Waals surface area contributed by atoms with Gasteiger partial charge in [-0.1, -0.05) is 31.2 Å². The van der Waals surface area contributed by atoms with E-state index in [4.69, 9.17) is 25.2 Å². The predicted molar refractivity (Wildman–Crippen MR) is 117 cm³/mol. The van der Waals surface area contributed by atoms with Gasteiger partial charge in [0.05, 0.1) is 30.8 Å². The van der Waals surface area contributed by atoms with Crippen LogP contribution in [0.2, 0.25) is 0 Å². The largest absolute Gasteiger partial charge is 0.497 e. The number of rotatable bonds is 6. The molecule has 0 saturated heterocycles. The molecule has 0 aliphatic heterocycles. The lowest BCUT2D eigenvalue weighted by molar-refractivity contribution is 0.0338. The van der Waals surface area contributed by atoms with E-state index < -0.39 is 5.97 Å². The molecule has 0 aliphatic rings. The van der Waals surface area contributed by atoms with Crippen molar-refractivity contribution in [2.75, 3.05) is 12.8 Å². The van der Waals surface area contributed by atoms with E-state index in [0.717, 1.165) is 16.8 Å². The molecule has 0 radical (unpaired) electrons. The Morgan fingerprint density at radius 2 is 1.77 bits per heavy atom. The maximum absolute atomic E-state index is 12.9. The highest BCUT2D eigenvalue weighted by Gasteiger charge is 2.26. The molecule has 0 bridgehead atoms. The number of anilines is 1. The number of nitrogens with zero attached hydrogens (tertiary/aromatic N) is 3. The molecule has 2 heterocycles. The van der Waals surface area contributed by atoms with E-state index in [0.29, 0.717) is 35.5 Å². The zero-order valence-electron chi connectivity index (χ0n) is 17.3. The zero-order chi connectivity index (χ0) is 21.3. The van der Waals surface area contributed by atoms with Crippen LogP contribution in [-0.2, 0) is 11.3 Å². The number of esters is 1. The number of hydrogen-bond acceptors (Lipinski definition) is 6. The van der Waals surface area contributed by atoms with Crippen molar-refractivity contribution in [3.63, 3.8) is 0 Å². The van der Waals surface area contributed by atoms with Gasteiger partial charge in [0, 0.05) is 0 Å². The van der Waals surface area contributed by atoms with Gasteiger partial charge in [0.2, 0.25) is 0 Å². The maximum atomic E-state index is 12.9. The molecule has 4 rings (SSSR count). The van der Waals surface area contributed by atoms with E-state index in [1.807, 2.05) is 66.9 Å². The molecule has 0 saturated carbocycles. The van der Waals surface area contributed by atoms with Gasteiger partial charge in [0.25, 0.3) is 0 Å². The Bertz CT molecular complexity index is 1210. The van der Waals surface area contributed by atoms with Crippen LogP contribution in [0.25, 0.3) is 22.2 Å². The summed E-state index contributed by atoms with van der Waals surface area (Å²) in [4.78, 5) is 22.4. The average molecular weight is 404 g/mol. The molecule has 2 aromatic carbocycles. The molecule has 7 nitrogen and oxygen atoms in total. The van der Waals surface area contributed by atoms with Crippen molar-refractivity contribution in [2.45, 2.75) is 32.9 Å². The third kappa shape index (κ3) is 3.54. The number of nitrogens with two attached hydrogens (primary N) is 1. The molecule has 7 heteroatoms. The highest BCUT2D eigenvalue weighted by Crippen LogP contribution is 2.30. The Labute approximate surface area is 174 Å². The number of hydrogen-bond donors (Lipinski definition) is 1. The molecule has 0 fully saturated rings. The van der Waals surface area contributed by atoms with Gasteiger partial charge >= 0.3 is 5.97 Å². The SMILES string of the molecule is CC[C@@H](C)OC(=O)c1c(N)n(Cc2ccc(OC)cc2)c2nc3ccccc3nc12. The average Bonchev–Trinajstić information content (AvgIpc) is 3.03. The minimum Gasteiger partial charge on any atom is -0.497 e. The maximum Gasteiger partial charge on any atom is 0.344 e. The number of methoxy groups -OCH3 is 1. The highest BCUT2D eigenvalue weighted by molar-refractivity contribution is 6.08. The van der Waals surface area contributed by atoms with Crippen molar-refractivity contribution < 1.29 is 14.3 Å². The molecule has 0 amide bonds. The van der Waals surface area contributed by atoms with Crippen molar-refractivity contribution in [1.29, 1.82) is 0 Å². The van der Waals surface area contributed by atoms with E-state index >= 15 is 0 Å².